The molecule has 1 amide bonds. The minimum absolute atomic E-state index is 0.231. The van der Waals surface area contributed by atoms with E-state index in [0.29, 0.717) is 40.6 Å². The fourth-order valence-corrected chi connectivity index (χ4v) is 4.63. The highest BCUT2D eigenvalue weighted by atomic mass is 35.5. The third kappa shape index (κ3) is 2.59. The standard InChI is InChI=1S/C21H21ClN2O4/c1-27-18-8-4-3-6-14(18)21(24-11-5-7-17(24)19(25)28-2)15-12-13(22)9-10-16(15)23-20(21)26/h3-4,6,8-10,12,17H,5,7,11H2,1-2H3,(H,23,26)/t17-,21?/m0/s1. The molecule has 2 atom stereocenters. The molecule has 0 saturated carbocycles. The molecule has 0 aliphatic carbocycles. The number of hydrogen-bond donors (Lipinski definition) is 1. The van der Waals surface area contributed by atoms with Gasteiger partial charge in [0.2, 0.25) is 0 Å². The lowest BCUT2D eigenvalue weighted by Gasteiger charge is -2.40. The molecule has 2 aliphatic rings. The maximum absolute atomic E-state index is 13.6. The SMILES string of the molecule is COC(=O)[C@@H]1CCCN1C1(c2ccccc2OC)C(=O)Nc2ccc(Cl)cc21. The van der Waals surface area contributed by atoms with Crippen LogP contribution in [0.5, 0.6) is 5.75 Å². The fourth-order valence-electron chi connectivity index (χ4n) is 4.46. The molecule has 1 unspecified atom stereocenters. The number of hydrogen-bond acceptors (Lipinski definition) is 5. The summed E-state index contributed by atoms with van der Waals surface area (Å²) in [7, 11) is 2.94. The van der Waals surface area contributed by atoms with Gasteiger partial charge >= 0.3 is 5.97 Å². The van der Waals surface area contributed by atoms with Gasteiger partial charge in [0.05, 0.1) is 14.2 Å². The van der Waals surface area contributed by atoms with E-state index in [9.17, 15) is 9.59 Å². The van der Waals surface area contributed by atoms with Crippen LogP contribution in [0.1, 0.15) is 24.0 Å². The maximum Gasteiger partial charge on any atom is 0.323 e. The molecule has 0 bridgehead atoms. The van der Waals surface area contributed by atoms with Gasteiger partial charge in [-0.05, 0) is 37.1 Å². The Morgan fingerprint density at radius 1 is 1.21 bits per heavy atom. The van der Waals surface area contributed by atoms with Crippen molar-refractivity contribution >= 4 is 29.2 Å². The van der Waals surface area contributed by atoms with Gasteiger partial charge in [-0.3, -0.25) is 14.5 Å². The van der Waals surface area contributed by atoms with Gasteiger partial charge in [-0.25, -0.2) is 0 Å². The van der Waals surface area contributed by atoms with Crippen molar-refractivity contribution in [1.29, 1.82) is 0 Å². The number of halogens is 1. The molecule has 146 valence electrons. The average molecular weight is 401 g/mol. The molecule has 1 saturated heterocycles. The summed E-state index contributed by atoms with van der Waals surface area (Å²) in [6.45, 7) is 0.567. The normalized spacial score (nSPS) is 24.0. The quantitative estimate of drug-likeness (QED) is 0.798. The summed E-state index contributed by atoms with van der Waals surface area (Å²) in [6.07, 6.45) is 1.40. The Balaban J connectivity index is 2.03. The number of benzene rings is 2. The predicted molar refractivity (Wildman–Crippen MR) is 106 cm³/mol. The molecule has 0 spiro atoms. The first-order chi connectivity index (χ1) is 13.5. The number of ether oxygens (including phenoxy) is 2. The molecule has 4 rings (SSSR count). The molecule has 7 heteroatoms. The highest BCUT2D eigenvalue weighted by molar-refractivity contribution is 6.31. The lowest BCUT2D eigenvalue weighted by atomic mass is 9.81. The average Bonchev–Trinajstić information content (AvgIpc) is 3.30. The van der Waals surface area contributed by atoms with Gasteiger partial charge in [-0.2, -0.15) is 0 Å². The molecular weight excluding hydrogens is 380 g/mol. The van der Waals surface area contributed by atoms with Crippen molar-refractivity contribution in [3.05, 3.63) is 58.6 Å². The first-order valence-corrected chi connectivity index (χ1v) is 9.51. The number of likely N-dealkylation sites (tertiary alicyclic amines) is 1. The van der Waals surface area contributed by atoms with E-state index in [1.807, 2.05) is 29.2 Å². The Bertz CT molecular complexity index is 948. The molecule has 2 aliphatic heterocycles. The number of fused-ring (bicyclic) bond motifs is 1. The van der Waals surface area contributed by atoms with Crippen LogP contribution in [0.2, 0.25) is 5.02 Å². The number of amides is 1. The van der Waals surface area contributed by atoms with Crippen molar-refractivity contribution in [2.45, 2.75) is 24.4 Å². The summed E-state index contributed by atoms with van der Waals surface area (Å²) in [4.78, 5) is 28.0. The molecular formula is C21H21ClN2O4. The third-order valence-corrected chi connectivity index (χ3v) is 5.84. The Morgan fingerprint density at radius 2 is 2.00 bits per heavy atom. The fraction of sp³-hybridized carbons (Fsp3) is 0.333. The number of anilines is 1. The third-order valence-electron chi connectivity index (χ3n) is 5.60. The highest BCUT2D eigenvalue weighted by Gasteiger charge is 2.58. The monoisotopic (exact) mass is 400 g/mol. The molecule has 1 fully saturated rings. The van der Waals surface area contributed by atoms with Crippen LogP contribution in [-0.4, -0.2) is 43.6 Å². The van der Waals surface area contributed by atoms with E-state index >= 15 is 0 Å². The van der Waals surface area contributed by atoms with Crippen LogP contribution in [0.15, 0.2) is 42.5 Å². The summed E-state index contributed by atoms with van der Waals surface area (Å²) in [5.41, 5.74) is 0.829. The minimum atomic E-state index is -1.23. The smallest absolute Gasteiger partial charge is 0.323 e. The van der Waals surface area contributed by atoms with Gasteiger partial charge in [0.25, 0.3) is 5.91 Å². The van der Waals surface area contributed by atoms with E-state index in [-0.39, 0.29) is 11.9 Å². The highest BCUT2D eigenvalue weighted by Crippen LogP contribution is 2.51. The van der Waals surface area contributed by atoms with E-state index in [0.717, 1.165) is 6.42 Å². The number of esters is 1. The van der Waals surface area contributed by atoms with Gasteiger partial charge in [0.15, 0.2) is 5.54 Å². The Labute approximate surface area is 168 Å². The zero-order chi connectivity index (χ0) is 19.9. The first kappa shape index (κ1) is 18.8. The predicted octanol–water partition coefficient (Wildman–Crippen LogP) is 3.18. The molecule has 0 aromatic heterocycles. The first-order valence-electron chi connectivity index (χ1n) is 9.13. The number of methoxy groups -OCH3 is 2. The molecule has 28 heavy (non-hydrogen) atoms. The Morgan fingerprint density at radius 3 is 2.75 bits per heavy atom. The van der Waals surface area contributed by atoms with Crippen LogP contribution in [0.3, 0.4) is 0 Å². The topological polar surface area (TPSA) is 67.9 Å². The maximum atomic E-state index is 13.6. The van der Waals surface area contributed by atoms with Gasteiger partial charge in [0, 0.05) is 28.4 Å². The van der Waals surface area contributed by atoms with Gasteiger partial charge in [-0.15, -0.1) is 0 Å². The van der Waals surface area contributed by atoms with Crippen molar-refractivity contribution in [1.82, 2.24) is 4.90 Å². The molecule has 1 N–H and O–H groups in total. The Kier molecular flexibility index (Phi) is 4.77. The minimum Gasteiger partial charge on any atom is -0.496 e. The van der Waals surface area contributed by atoms with Gasteiger partial charge < -0.3 is 14.8 Å². The number of rotatable bonds is 4. The molecule has 6 nitrogen and oxygen atoms in total. The van der Waals surface area contributed by atoms with Crippen LogP contribution in [-0.2, 0) is 19.9 Å². The number of para-hydroxylation sites is 1. The van der Waals surface area contributed by atoms with E-state index < -0.39 is 11.6 Å². The van der Waals surface area contributed by atoms with Crippen LogP contribution in [0.25, 0.3) is 0 Å². The zero-order valence-electron chi connectivity index (χ0n) is 15.7. The second-order valence-corrected chi connectivity index (χ2v) is 7.37. The van der Waals surface area contributed by atoms with Crippen LogP contribution < -0.4 is 10.1 Å². The van der Waals surface area contributed by atoms with E-state index in [1.54, 1.807) is 25.3 Å². The number of nitrogens with one attached hydrogen (secondary N) is 1. The van der Waals surface area contributed by atoms with Crippen LogP contribution >= 0.6 is 11.6 Å². The second kappa shape index (κ2) is 7.11. The van der Waals surface area contributed by atoms with Gasteiger partial charge in [0.1, 0.15) is 11.8 Å². The molecule has 2 heterocycles. The Hall–Kier alpha value is -2.57. The molecule has 2 aromatic carbocycles. The summed E-state index contributed by atoms with van der Waals surface area (Å²) in [5.74, 6) is -0.0129. The lowest BCUT2D eigenvalue weighted by Crippen LogP contribution is -2.56. The van der Waals surface area contributed by atoms with Crippen molar-refractivity contribution in [3.8, 4) is 5.75 Å². The zero-order valence-corrected chi connectivity index (χ0v) is 16.5. The number of nitrogens with zero attached hydrogens (tertiary/aromatic N) is 1. The summed E-state index contributed by atoms with van der Waals surface area (Å²) in [5, 5.41) is 3.49. The van der Waals surface area contributed by atoms with Crippen molar-refractivity contribution in [2.75, 3.05) is 26.1 Å². The number of carbonyl (C=O) groups excluding carboxylic acids is 2. The van der Waals surface area contributed by atoms with Crippen molar-refractivity contribution in [3.63, 3.8) is 0 Å². The van der Waals surface area contributed by atoms with E-state index in [1.165, 1.54) is 7.11 Å². The summed E-state index contributed by atoms with van der Waals surface area (Å²) in [6, 6.07) is 12.2. The lowest BCUT2D eigenvalue weighted by molar-refractivity contribution is -0.149. The molecule has 2 aromatic rings. The van der Waals surface area contributed by atoms with Crippen LogP contribution in [0.4, 0.5) is 5.69 Å². The molecule has 0 radical (unpaired) electrons. The summed E-state index contributed by atoms with van der Waals surface area (Å²) >= 11 is 6.31. The largest absolute Gasteiger partial charge is 0.496 e. The summed E-state index contributed by atoms with van der Waals surface area (Å²) < 4.78 is 10.6. The van der Waals surface area contributed by atoms with Crippen molar-refractivity contribution < 1.29 is 19.1 Å². The van der Waals surface area contributed by atoms with Gasteiger partial charge in [-0.1, -0.05) is 29.8 Å². The van der Waals surface area contributed by atoms with E-state index in [4.69, 9.17) is 21.1 Å². The number of carbonyl (C=O) groups is 2. The van der Waals surface area contributed by atoms with Crippen molar-refractivity contribution in [2.24, 2.45) is 0 Å². The van der Waals surface area contributed by atoms with E-state index in [2.05, 4.69) is 5.32 Å². The van der Waals surface area contributed by atoms with Crippen LogP contribution in [0, 0.1) is 0 Å². The second-order valence-electron chi connectivity index (χ2n) is 6.93.